The first-order valence-corrected chi connectivity index (χ1v) is 10.6. The number of aromatic nitrogens is 2. The Bertz CT molecular complexity index is 874. The third kappa shape index (κ3) is 2.20. The number of likely N-dealkylation sites (tertiary alicyclic amines) is 1. The number of nitrogens with zero attached hydrogens (tertiary/aromatic N) is 2. The molecule has 2 atom stereocenters. The van der Waals surface area contributed by atoms with Gasteiger partial charge in [0.15, 0.2) is 0 Å². The van der Waals surface area contributed by atoms with Gasteiger partial charge < -0.3 is 9.88 Å². The van der Waals surface area contributed by atoms with Crippen molar-refractivity contribution in [3.8, 4) is 0 Å². The lowest BCUT2D eigenvalue weighted by molar-refractivity contribution is 0.0859. The maximum absolute atomic E-state index is 12.5. The maximum Gasteiger partial charge on any atom is 0.326 e. The lowest BCUT2D eigenvalue weighted by Gasteiger charge is -2.41. The standard InChI is InChI=1S/C22H29N3O/c26-21-23-19-3-1-2-4-20(19)25(21)18-5-7-24(8-6-18)14-22-12-15-9-16(13-22)11-17(22)10-15/h1-4,15-18H,5-14H2,(H,23,26). The van der Waals surface area contributed by atoms with Crippen LogP contribution in [0.4, 0.5) is 0 Å². The molecular formula is C22H29N3O. The minimum atomic E-state index is 0.0648. The van der Waals surface area contributed by atoms with Gasteiger partial charge in [0.25, 0.3) is 0 Å². The van der Waals surface area contributed by atoms with Crippen molar-refractivity contribution in [3.05, 3.63) is 34.7 Å². The van der Waals surface area contributed by atoms with Crippen LogP contribution in [0.1, 0.15) is 51.0 Å². The Balaban J connectivity index is 1.18. The molecule has 1 aromatic carbocycles. The molecule has 26 heavy (non-hydrogen) atoms. The zero-order chi connectivity index (χ0) is 17.3. The van der Waals surface area contributed by atoms with Crippen molar-refractivity contribution < 1.29 is 0 Å². The number of hydrogen-bond acceptors (Lipinski definition) is 2. The molecule has 7 rings (SSSR count). The predicted molar refractivity (Wildman–Crippen MR) is 103 cm³/mol. The fraction of sp³-hybridized carbons (Fsp3) is 0.682. The van der Waals surface area contributed by atoms with E-state index in [1.54, 1.807) is 0 Å². The highest BCUT2D eigenvalue weighted by Gasteiger charge is 2.57. The van der Waals surface area contributed by atoms with Crippen molar-refractivity contribution in [2.24, 2.45) is 23.2 Å². The molecule has 5 fully saturated rings. The second kappa shape index (κ2) is 5.48. The van der Waals surface area contributed by atoms with E-state index in [2.05, 4.69) is 16.0 Å². The van der Waals surface area contributed by atoms with Crippen molar-refractivity contribution in [2.45, 2.75) is 51.0 Å². The minimum absolute atomic E-state index is 0.0648. The second-order valence-corrected chi connectivity index (χ2v) is 9.73. The summed E-state index contributed by atoms with van der Waals surface area (Å²) < 4.78 is 2.02. The third-order valence-electron chi connectivity index (χ3n) is 8.24. The summed E-state index contributed by atoms with van der Waals surface area (Å²) in [5, 5.41) is 0. The summed E-state index contributed by atoms with van der Waals surface area (Å²) in [7, 11) is 0. The van der Waals surface area contributed by atoms with Crippen LogP contribution in [0.2, 0.25) is 0 Å². The van der Waals surface area contributed by atoms with Gasteiger partial charge in [0.2, 0.25) is 0 Å². The molecule has 0 spiro atoms. The van der Waals surface area contributed by atoms with Crippen LogP contribution in [-0.2, 0) is 0 Å². The molecule has 0 radical (unpaired) electrons. The van der Waals surface area contributed by atoms with E-state index in [0.29, 0.717) is 11.5 Å². The average molecular weight is 351 g/mol. The van der Waals surface area contributed by atoms with Gasteiger partial charge in [-0.3, -0.25) is 4.57 Å². The summed E-state index contributed by atoms with van der Waals surface area (Å²) in [5.74, 6) is 3.13. The zero-order valence-electron chi connectivity index (χ0n) is 15.5. The molecule has 4 heteroatoms. The summed E-state index contributed by atoms with van der Waals surface area (Å²) >= 11 is 0. The van der Waals surface area contributed by atoms with Crippen LogP contribution in [0.15, 0.2) is 29.1 Å². The molecule has 2 unspecified atom stereocenters. The molecule has 1 aromatic heterocycles. The summed E-state index contributed by atoms with van der Waals surface area (Å²) in [4.78, 5) is 18.2. The number of nitrogens with one attached hydrogen (secondary N) is 1. The average Bonchev–Trinajstić information content (AvgIpc) is 3.17. The number of piperidine rings is 1. The molecule has 2 heterocycles. The first-order valence-electron chi connectivity index (χ1n) is 10.6. The van der Waals surface area contributed by atoms with E-state index in [1.807, 2.05) is 22.8 Å². The lowest BCUT2D eigenvalue weighted by Crippen LogP contribution is -2.44. The molecule has 1 aliphatic heterocycles. The molecule has 4 bridgehead atoms. The van der Waals surface area contributed by atoms with Crippen molar-refractivity contribution in [1.82, 2.24) is 14.5 Å². The molecule has 2 aromatic rings. The molecule has 5 aliphatic rings. The first-order chi connectivity index (χ1) is 12.7. The van der Waals surface area contributed by atoms with Gasteiger partial charge in [-0.2, -0.15) is 0 Å². The largest absolute Gasteiger partial charge is 0.326 e. The van der Waals surface area contributed by atoms with Crippen molar-refractivity contribution in [1.29, 1.82) is 0 Å². The quantitative estimate of drug-likeness (QED) is 0.914. The number of benzene rings is 1. The van der Waals surface area contributed by atoms with E-state index in [0.717, 1.165) is 54.7 Å². The van der Waals surface area contributed by atoms with E-state index >= 15 is 0 Å². The van der Waals surface area contributed by atoms with Gasteiger partial charge in [0.1, 0.15) is 0 Å². The van der Waals surface area contributed by atoms with Crippen LogP contribution in [-0.4, -0.2) is 34.1 Å². The Kier molecular flexibility index (Phi) is 3.27. The van der Waals surface area contributed by atoms with Crippen molar-refractivity contribution >= 4 is 11.0 Å². The second-order valence-electron chi connectivity index (χ2n) is 9.73. The van der Waals surface area contributed by atoms with Gasteiger partial charge >= 0.3 is 5.69 Å². The normalized spacial score (nSPS) is 37.2. The summed E-state index contributed by atoms with van der Waals surface area (Å²) in [6.45, 7) is 3.64. The van der Waals surface area contributed by atoms with Gasteiger partial charge in [-0.25, -0.2) is 4.79 Å². The fourth-order valence-corrected chi connectivity index (χ4v) is 7.44. The summed E-state index contributed by atoms with van der Waals surface area (Å²) in [6.07, 6.45) is 9.82. The summed E-state index contributed by atoms with van der Waals surface area (Å²) in [5.41, 5.74) is 2.77. The third-order valence-corrected chi connectivity index (χ3v) is 8.24. The maximum atomic E-state index is 12.5. The van der Waals surface area contributed by atoms with Gasteiger partial charge in [-0.15, -0.1) is 0 Å². The topological polar surface area (TPSA) is 41.0 Å². The Morgan fingerprint density at radius 1 is 1.04 bits per heavy atom. The number of fused-ring (bicyclic) bond motifs is 1. The summed E-state index contributed by atoms with van der Waals surface area (Å²) in [6, 6.07) is 8.46. The Labute approximate surface area is 154 Å². The van der Waals surface area contributed by atoms with E-state index in [-0.39, 0.29) is 5.69 Å². The monoisotopic (exact) mass is 351 g/mol. The van der Waals surface area contributed by atoms with E-state index in [4.69, 9.17) is 0 Å². The van der Waals surface area contributed by atoms with Crippen molar-refractivity contribution in [3.63, 3.8) is 0 Å². The molecule has 138 valence electrons. The van der Waals surface area contributed by atoms with E-state index in [1.165, 1.54) is 38.6 Å². The van der Waals surface area contributed by atoms with Gasteiger partial charge in [0, 0.05) is 25.7 Å². The SMILES string of the molecule is O=c1[nH]c2ccccc2n1C1CCN(CC23CC4CC(CC2C4)C3)CC1. The van der Waals surface area contributed by atoms with Crippen LogP contribution in [0, 0.1) is 23.2 Å². The number of imidazole rings is 1. The smallest absolute Gasteiger partial charge is 0.306 e. The van der Waals surface area contributed by atoms with E-state index < -0.39 is 0 Å². The highest BCUT2D eigenvalue weighted by atomic mass is 16.1. The Morgan fingerprint density at radius 3 is 2.54 bits per heavy atom. The molecular weight excluding hydrogens is 322 g/mol. The number of rotatable bonds is 3. The molecule has 0 amide bonds. The molecule has 1 N–H and O–H groups in total. The van der Waals surface area contributed by atoms with Gasteiger partial charge in [0.05, 0.1) is 11.0 Å². The van der Waals surface area contributed by atoms with E-state index in [9.17, 15) is 4.79 Å². The zero-order valence-corrected chi connectivity index (χ0v) is 15.5. The Morgan fingerprint density at radius 2 is 1.77 bits per heavy atom. The van der Waals surface area contributed by atoms with Crippen LogP contribution < -0.4 is 5.69 Å². The van der Waals surface area contributed by atoms with Gasteiger partial charge in [-0.1, -0.05) is 12.1 Å². The van der Waals surface area contributed by atoms with Crippen LogP contribution >= 0.6 is 0 Å². The van der Waals surface area contributed by atoms with Crippen LogP contribution in [0.3, 0.4) is 0 Å². The lowest BCUT2D eigenvalue weighted by atomic mass is 9.75. The minimum Gasteiger partial charge on any atom is -0.306 e. The van der Waals surface area contributed by atoms with Crippen LogP contribution in [0.5, 0.6) is 0 Å². The number of hydrogen-bond donors (Lipinski definition) is 1. The highest BCUT2D eigenvalue weighted by molar-refractivity contribution is 5.75. The van der Waals surface area contributed by atoms with Gasteiger partial charge in [-0.05, 0) is 80.2 Å². The number of H-pyrrole nitrogens is 1. The Hall–Kier alpha value is -1.55. The highest BCUT2D eigenvalue weighted by Crippen LogP contribution is 2.65. The van der Waals surface area contributed by atoms with Crippen molar-refractivity contribution in [2.75, 3.05) is 19.6 Å². The predicted octanol–water partition coefficient (Wildman–Crippen LogP) is 3.79. The molecule has 4 aliphatic carbocycles. The molecule has 4 nitrogen and oxygen atoms in total. The first kappa shape index (κ1) is 15.5. The number of aromatic amines is 1. The fourth-order valence-electron chi connectivity index (χ4n) is 7.44. The number of para-hydroxylation sites is 2. The van der Waals surface area contributed by atoms with Crippen LogP contribution in [0.25, 0.3) is 11.0 Å². The molecule has 4 saturated carbocycles. The molecule has 1 saturated heterocycles.